The summed E-state index contributed by atoms with van der Waals surface area (Å²) in [6.07, 6.45) is 5.00. The Bertz CT molecular complexity index is 1060. The number of hydrogen-bond acceptors (Lipinski definition) is 4. The first-order valence-corrected chi connectivity index (χ1v) is 11.2. The molecule has 0 heterocycles. The highest BCUT2D eigenvalue weighted by molar-refractivity contribution is 5.80. The molecule has 0 radical (unpaired) electrons. The van der Waals surface area contributed by atoms with E-state index in [-0.39, 0.29) is 11.9 Å². The van der Waals surface area contributed by atoms with Crippen LogP contribution in [0.15, 0.2) is 66.7 Å². The minimum absolute atomic E-state index is 0.265. The molecule has 4 nitrogen and oxygen atoms in total. The van der Waals surface area contributed by atoms with E-state index in [0.717, 1.165) is 34.6 Å². The fourth-order valence-corrected chi connectivity index (χ4v) is 3.52. The molecule has 3 aromatic carbocycles. The van der Waals surface area contributed by atoms with Gasteiger partial charge in [0.1, 0.15) is 17.2 Å². The van der Waals surface area contributed by atoms with Gasteiger partial charge in [-0.05, 0) is 65.8 Å². The molecule has 33 heavy (non-hydrogen) atoms. The first-order valence-electron chi connectivity index (χ1n) is 11.2. The van der Waals surface area contributed by atoms with E-state index in [1.54, 1.807) is 14.2 Å². The SMILES string of the molecule is COc1cc(C=Cc2ccc(OC(=O)[C@@H](C)c3ccc(CC(C)C)cc3)cc2)cc(OC)c1. The van der Waals surface area contributed by atoms with E-state index < -0.39 is 0 Å². The summed E-state index contributed by atoms with van der Waals surface area (Å²) >= 11 is 0. The maximum atomic E-state index is 12.6. The van der Waals surface area contributed by atoms with Crippen molar-refractivity contribution in [1.29, 1.82) is 0 Å². The van der Waals surface area contributed by atoms with E-state index in [9.17, 15) is 4.79 Å². The Balaban J connectivity index is 1.62. The average Bonchev–Trinajstić information content (AvgIpc) is 2.83. The van der Waals surface area contributed by atoms with Crippen molar-refractivity contribution in [2.24, 2.45) is 5.92 Å². The van der Waals surface area contributed by atoms with E-state index in [4.69, 9.17) is 14.2 Å². The third kappa shape index (κ3) is 6.98. The molecule has 4 heteroatoms. The standard InChI is InChI=1S/C29H32O4/c1-20(2)16-23-8-12-25(13-9-23)21(3)29(30)33-26-14-10-22(11-15-26)6-7-24-17-27(31-4)19-28(18-24)32-5/h6-15,17-21H,16H2,1-5H3/t21-/m0/s1. The molecule has 0 amide bonds. The Morgan fingerprint density at radius 3 is 1.88 bits per heavy atom. The Hall–Kier alpha value is -3.53. The summed E-state index contributed by atoms with van der Waals surface area (Å²) < 4.78 is 16.2. The van der Waals surface area contributed by atoms with E-state index in [2.05, 4.69) is 26.0 Å². The molecule has 0 aliphatic heterocycles. The van der Waals surface area contributed by atoms with Gasteiger partial charge in [0.15, 0.2) is 0 Å². The first kappa shape index (κ1) is 24.1. The molecule has 1 atom stereocenters. The molecule has 0 saturated heterocycles. The van der Waals surface area contributed by atoms with Crippen LogP contribution < -0.4 is 14.2 Å². The molecule has 0 bridgehead atoms. The Morgan fingerprint density at radius 1 is 0.758 bits per heavy atom. The average molecular weight is 445 g/mol. The largest absolute Gasteiger partial charge is 0.497 e. The third-order valence-corrected chi connectivity index (χ3v) is 5.42. The van der Waals surface area contributed by atoms with Gasteiger partial charge in [-0.25, -0.2) is 0 Å². The van der Waals surface area contributed by atoms with Crippen LogP contribution in [0.4, 0.5) is 0 Å². The van der Waals surface area contributed by atoms with Crippen LogP contribution in [0.2, 0.25) is 0 Å². The first-order chi connectivity index (χ1) is 15.9. The van der Waals surface area contributed by atoms with Crippen molar-refractivity contribution in [2.45, 2.75) is 33.1 Å². The number of ether oxygens (including phenoxy) is 3. The zero-order valence-corrected chi connectivity index (χ0v) is 20.0. The van der Waals surface area contributed by atoms with Crippen molar-refractivity contribution in [3.63, 3.8) is 0 Å². The van der Waals surface area contributed by atoms with Crippen molar-refractivity contribution in [1.82, 2.24) is 0 Å². The molecule has 3 rings (SSSR count). The second kappa shape index (κ2) is 11.4. The van der Waals surface area contributed by atoms with Gasteiger partial charge in [-0.1, -0.05) is 62.4 Å². The van der Waals surface area contributed by atoms with Crippen LogP contribution in [0, 0.1) is 5.92 Å². The molecule has 0 aliphatic carbocycles. The zero-order valence-electron chi connectivity index (χ0n) is 20.0. The van der Waals surface area contributed by atoms with Gasteiger partial charge >= 0.3 is 5.97 Å². The van der Waals surface area contributed by atoms with Crippen LogP contribution >= 0.6 is 0 Å². The maximum Gasteiger partial charge on any atom is 0.318 e. The maximum absolute atomic E-state index is 12.6. The Labute approximate surface area is 196 Å². The predicted octanol–water partition coefficient (Wildman–Crippen LogP) is 6.78. The van der Waals surface area contributed by atoms with Gasteiger partial charge in [0.05, 0.1) is 20.1 Å². The number of rotatable bonds is 9. The number of carbonyl (C=O) groups excluding carboxylic acids is 1. The van der Waals surface area contributed by atoms with Gasteiger partial charge < -0.3 is 14.2 Å². The minimum Gasteiger partial charge on any atom is -0.497 e. The zero-order chi connectivity index (χ0) is 23.8. The molecule has 0 aromatic heterocycles. The van der Waals surface area contributed by atoms with Gasteiger partial charge in [0, 0.05) is 6.07 Å². The molecule has 0 aliphatic rings. The lowest BCUT2D eigenvalue weighted by atomic mass is 9.97. The van der Waals surface area contributed by atoms with Crippen LogP contribution in [-0.4, -0.2) is 20.2 Å². The summed E-state index contributed by atoms with van der Waals surface area (Å²) in [6, 6.07) is 21.4. The van der Waals surface area contributed by atoms with Crippen molar-refractivity contribution in [3.8, 4) is 17.2 Å². The highest BCUT2D eigenvalue weighted by atomic mass is 16.5. The van der Waals surface area contributed by atoms with Crippen molar-refractivity contribution >= 4 is 18.1 Å². The normalized spacial score (nSPS) is 12.1. The molecule has 0 N–H and O–H groups in total. The fraction of sp³-hybridized carbons (Fsp3) is 0.276. The fourth-order valence-electron chi connectivity index (χ4n) is 3.52. The van der Waals surface area contributed by atoms with Gasteiger partial charge in [-0.15, -0.1) is 0 Å². The molecular weight excluding hydrogens is 412 g/mol. The summed E-state index contributed by atoms with van der Waals surface area (Å²) in [7, 11) is 3.26. The number of hydrogen-bond donors (Lipinski definition) is 0. The van der Waals surface area contributed by atoms with Gasteiger partial charge in [0.2, 0.25) is 0 Å². The van der Waals surface area contributed by atoms with Crippen molar-refractivity contribution < 1.29 is 19.0 Å². The molecule has 172 valence electrons. The van der Waals surface area contributed by atoms with Crippen LogP contribution in [0.5, 0.6) is 17.2 Å². The summed E-state index contributed by atoms with van der Waals surface area (Å²) in [5.74, 6) is 2.01. The quantitative estimate of drug-likeness (QED) is 0.207. The van der Waals surface area contributed by atoms with E-state index in [0.29, 0.717) is 11.7 Å². The van der Waals surface area contributed by atoms with Crippen LogP contribution in [0.25, 0.3) is 12.2 Å². The minimum atomic E-state index is -0.333. The highest BCUT2D eigenvalue weighted by Crippen LogP contribution is 2.25. The summed E-state index contributed by atoms with van der Waals surface area (Å²) in [5.41, 5.74) is 4.20. The molecule has 0 fully saturated rings. The van der Waals surface area contributed by atoms with Crippen molar-refractivity contribution in [3.05, 3.63) is 89.0 Å². The van der Waals surface area contributed by atoms with Gasteiger partial charge in [-0.2, -0.15) is 0 Å². The van der Waals surface area contributed by atoms with Crippen LogP contribution in [-0.2, 0) is 11.2 Å². The smallest absolute Gasteiger partial charge is 0.318 e. The Morgan fingerprint density at radius 2 is 1.33 bits per heavy atom. The second-order valence-electron chi connectivity index (χ2n) is 8.53. The van der Waals surface area contributed by atoms with Crippen molar-refractivity contribution in [2.75, 3.05) is 14.2 Å². The van der Waals surface area contributed by atoms with Gasteiger partial charge in [0.25, 0.3) is 0 Å². The van der Waals surface area contributed by atoms with E-state index >= 15 is 0 Å². The predicted molar refractivity (Wildman–Crippen MR) is 134 cm³/mol. The molecule has 0 saturated carbocycles. The summed E-state index contributed by atoms with van der Waals surface area (Å²) in [4.78, 5) is 12.6. The molecule has 0 unspecified atom stereocenters. The molecule has 3 aromatic rings. The number of carbonyl (C=O) groups is 1. The number of benzene rings is 3. The van der Waals surface area contributed by atoms with Crippen LogP contribution in [0.3, 0.4) is 0 Å². The summed E-state index contributed by atoms with van der Waals surface area (Å²) in [5, 5.41) is 0. The number of methoxy groups -OCH3 is 2. The monoisotopic (exact) mass is 444 g/mol. The van der Waals surface area contributed by atoms with E-state index in [1.807, 2.05) is 73.7 Å². The summed E-state index contributed by atoms with van der Waals surface area (Å²) in [6.45, 7) is 6.27. The van der Waals surface area contributed by atoms with Gasteiger partial charge in [-0.3, -0.25) is 4.79 Å². The third-order valence-electron chi connectivity index (χ3n) is 5.42. The molecular formula is C29H32O4. The lowest BCUT2D eigenvalue weighted by molar-refractivity contribution is -0.135. The topological polar surface area (TPSA) is 44.8 Å². The molecule has 0 spiro atoms. The van der Waals surface area contributed by atoms with Crippen LogP contribution in [0.1, 0.15) is 48.9 Å². The lowest BCUT2D eigenvalue weighted by Gasteiger charge is -2.13. The Kier molecular flexibility index (Phi) is 8.31. The highest BCUT2D eigenvalue weighted by Gasteiger charge is 2.17. The second-order valence-corrected chi connectivity index (χ2v) is 8.53. The lowest BCUT2D eigenvalue weighted by Crippen LogP contribution is -2.16. The number of esters is 1. The van der Waals surface area contributed by atoms with E-state index in [1.165, 1.54) is 5.56 Å².